The molecule has 1 aromatic heterocycles. The third-order valence-corrected chi connectivity index (χ3v) is 4.93. The van der Waals surface area contributed by atoms with E-state index in [9.17, 15) is 8.42 Å². The van der Waals surface area contributed by atoms with Crippen molar-refractivity contribution in [3.63, 3.8) is 0 Å². The highest BCUT2D eigenvalue weighted by molar-refractivity contribution is 7.89. The van der Waals surface area contributed by atoms with E-state index in [2.05, 4.69) is 16.0 Å². The molecule has 3 rings (SSSR count). The van der Waals surface area contributed by atoms with Gasteiger partial charge in [0.05, 0.1) is 11.5 Å². The van der Waals surface area contributed by atoms with E-state index in [4.69, 9.17) is 0 Å². The van der Waals surface area contributed by atoms with Gasteiger partial charge in [-0.1, -0.05) is 24.3 Å². The number of aromatic nitrogens is 2. The second kappa shape index (κ2) is 5.32. The van der Waals surface area contributed by atoms with Crippen molar-refractivity contribution in [2.45, 2.75) is 30.3 Å². The second-order valence-corrected chi connectivity index (χ2v) is 7.36. The molecular formula is C15H16N2O2S. The third-order valence-electron chi connectivity index (χ3n) is 3.39. The molecule has 4 nitrogen and oxygen atoms in total. The minimum Gasteiger partial charge on any atom is -0.245 e. The zero-order valence-electron chi connectivity index (χ0n) is 11.1. The van der Waals surface area contributed by atoms with E-state index in [0.29, 0.717) is 11.5 Å². The molecule has 1 aliphatic carbocycles. The van der Waals surface area contributed by atoms with Crippen LogP contribution >= 0.6 is 0 Å². The van der Waals surface area contributed by atoms with Crippen molar-refractivity contribution in [2.75, 3.05) is 0 Å². The molecule has 0 unspecified atom stereocenters. The molecule has 5 heteroatoms. The molecule has 0 saturated heterocycles. The largest absolute Gasteiger partial charge is 0.245 e. The Balaban J connectivity index is 1.74. The van der Waals surface area contributed by atoms with Crippen LogP contribution in [0.2, 0.25) is 0 Å². The quantitative estimate of drug-likeness (QED) is 0.848. The van der Waals surface area contributed by atoms with Crippen LogP contribution in [0.15, 0.2) is 43.0 Å². The van der Waals surface area contributed by atoms with Gasteiger partial charge in [0.2, 0.25) is 0 Å². The highest BCUT2D eigenvalue weighted by Gasteiger charge is 2.24. The predicted molar refractivity (Wildman–Crippen MR) is 76.8 cm³/mol. The molecule has 1 aliphatic rings. The van der Waals surface area contributed by atoms with Gasteiger partial charge in [0, 0.05) is 18.0 Å². The van der Waals surface area contributed by atoms with Crippen LogP contribution in [0.25, 0.3) is 0 Å². The van der Waals surface area contributed by atoms with Gasteiger partial charge in [-0.05, 0) is 29.9 Å². The maximum atomic E-state index is 12.2. The molecule has 0 radical (unpaired) electrons. The Bertz CT molecular complexity index is 695. The first-order valence-corrected chi connectivity index (χ1v) is 8.48. The maximum absolute atomic E-state index is 12.2. The van der Waals surface area contributed by atoms with Gasteiger partial charge in [-0.3, -0.25) is 0 Å². The first-order chi connectivity index (χ1) is 9.62. The van der Waals surface area contributed by atoms with Gasteiger partial charge in [-0.2, -0.15) is 0 Å². The van der Waals surface area contributed by atoms with Gasteiger partial charge >= 0.3 is 0 Å². The number of rotatable bonds is 5. The molecule has 0 bridgehead atoms. The van der Waals surface area contributed by atoms with Crippen LogP contribution in [-0.4, -0.2) is 18.4 Å². The number of sulfone groups is 1. The lowest BCUT2D eigenvalue weighted by Crippen LogP contribution is -2.08. The molecule has 0 atom stereocenters. The van der Waals surface area contributed by atoms with Gasteiger partial charge in [-0.15, -0.1) is 0 Å². The molecule has 2 aromatic rings. The average molecular weight is 288 g/mol. The van der Waals surface area contributed by atoms with E-state index in [0.717, 1.165) is 5.56 Å². The Kier molecular flexibility index (Phi) is 3.53. The summed E-state index contributed by atoms with van der Waals surface area (Å²) in [6, 6.07) is 7.94. The summed E-state index contributed by atoms with van der Waals surface area (Å²) in [6.45, 7) is 0. The fourth-order valence-corrected chi connectivity index (χ4v) is 3.76. The first-order valence-electron chi connectivity index (χ1n) is 6.65. The predicted octanol–water partition coefficient (Wildman–Crippen LogP) is 2.47. The monoisotopic (exact) mass is 288 g/mol. The standard InChI is InChI=1S/C15H16N2O2S/c18-20(19,10-13-7-16-11-17-8-13)9-12-2-1-3-15(6-12)14-4-5-14/h1-3,6-8,11,14H,4-5,9-10H2. The van der Waals surface area contributed by atoms with Crippen LogP contribution in [-0.2, 0) is 21.3 Å². The third kappa shape index (κ3) is 3.42. The molecule has 1 heterocycles. The van der Waals surface area contributed by atoms with Crippen LogP contribution in [0, 0.1) is 0 Å². The summed E-state index contributed by atoms with van der Waals surface area (Å²) in [6.07, 6.45) is 6.93. The smallest absolute Gasteiger partial charge is 0.158 e. The van der Waals surface area contributed by atoms with Crippen molar-refractivity contribution in [3.8, 4) is 0 Å². The molecule has 104 valence electrons. The molecule has 0 amide bonds. The topological polar surface area (TPSA) is 59.9 Å². The number of benzene rings is 1. The molecule has 1 fully saturated rings. The molecule has 1 saturated carbocycles. The fraction of sp³-hybridized carbons (Fsp3) is 0.333. The van der Waals surface area contributed by atoms with E-state index >= 15 is 0 Å². The Morgan fingerprint density at radius 1 is 1.05 bits per heavy atom. The van der Waals surface area contributed by atoms with E-state index in [-0.39, 0.29) is 11.5 Å². The summed E-state index contributed by atoms with van der Waals surface area (Å²) < 4.78 is 24.4. The lowest BCUT2D eigenvalue weighted by Gasteiger charge is -2.06. The van der Waals surface area contributed by atoms with Crippen molar-refractivity contribution in [1.29, 1.82) is 0 Å². The van der Waals surface area contributed by atoms with Gasteiger partial charge in [0.1, 0.15) is 6.33 Å². The van der Waals surface area contributed by atoms with Gasteiger partial charge in [0.15, 0.2) is 9.84 Å². The Hall–Kier alpha value is -1.75. The molecule has 20 heavy (non-hydrogen) atoms. The van der Waals surface area contributed by atoms with Crippen molar-refractivity contribution < 1.29 is 8.42 Å². The van der Waals surface area contributed by atoms with Crippen LogP contribution < -0.4 is 0 Å². The highest BCUT2D eigenvalue weighted by Crippen LogP contribution is 2.40. The summed E-state index contributed by atoms with van der Waals surface area (Å²) in [5.41, 5.74) is 2.76. The van der Waals surface area contributed by atoms with Crippen LogP contribution in [0.1, 0.15) is 35.4 Å². The number of nitrogens with zero attached hydrogens (tertiary/aromatic N) is 2. The van der Waals surface area contributed by atoms with Crippen molar-refractivity contribution in [1.82, 2.24) is 9.97 Å². The van der Waals surface area contributed by atoms with Crippen LogP contribution in [0.3, 0.4) is 0 Å². The minimum atomic E-state index is -3.19. The van der Waals surface area contributed by atoms with Gasteiger partial charge in [-0.25, -0.2) is 18.4 Å². The Morgan fingerprint density at radius 3 is 2.45 bits per heavy atom. The second-order valence-electron chi connectivity index (χ2n) is 5.30. The van der Waals surface area contributed by atoms with Crippen molar-refractivity contribution >= 4 is 9.84 Å². The lowest BCUT2D eigenvalue weighted by atomic mass is 10.1. The molecular weight excluding hydrogens is 272 g/mol. The average Bonchev–Trinajstić information content (AvgIpc) is 3.23. The molecule has 0 spiro atoms. The zero-order valence-corrected chi connectivity index (χ0v) is 11.9. The summed E-state index contributed by atoms with van der Waals surface area (Å²) in [7, 11) is -3.19. The van der Waals surface area contributed by atoms with E-state index in [1.165, 1.54) is 24.7 Å². The summed E-state index contributed by atoms with van der Waals surface area (Å²) in [5, 5.41) is 0. The van der Waals surface area contributed by atoms with Crippen LogP contribution in [0.4, 0.5) is 0 Å². The Labute approximate surface area is 118 Å². The molecule has 1 aromatic carbocycles. The first kappa shape index (κ1) is 13.2. The van der Waals surface area contributed by atoms with E-state index in [1.54, 1.807) is 12.4 Å². The maximum Gasteiger partial charge on any atom is 0.158 e. The van der Waals surface area contributed by atoms with Crippen molar-refractivity contribution in [3.05, 3.63) is 59.7 Å². The lowest BCUT2D eigenvalue weighted by molar-refractivity contribution is 0.594. The van der Waals surface area contributed by atoms with Crippen LogP contribution in [0.5, 0.6) is 0 Å². The van der Waals surface area contributed by atoms with Gasteiger partial charge in [0.25, 0.3) is 0 Å². The van der Waals surface area contributed by atoms with Gasteiger partial charge < -0.3 is 0 Å². The SMILES string of the molecule is O=S(=O)(Cc1cncnc1)Cc1cccc(C2CC2)c1. The normalized spacial score (nSPS) is 15.2. The summed E-state index contributed by atoms with van der Waals surface area (Å²) >= 11 is 0. The number of hydrogen-bond acceptors (Lipinski definition) is 4. The molecule has 0 N–H and O–H groups in total. The van der Waals surface area contributed by atoms with E-state index in [1.807, 2.05) is 18.2 Å². The van der Waals surface area contributed by atoms with E-state index < -0.39 is 9.84 Å². The fourth-order valence-electron chi connectivity index (χ4n) is 2.32. The summed E-state index contributed by atoms with van der Waals surface area (Å²) in [5.74, 6) is 0.699. The van der Waals surface area contributed by atoms with Crippen molar-refractivity contribution in [2.24, 2.45) is 0 Å². The zero-order chi connectivity index (χ0) is 14.0. The molecule has 0 aliphatic heterocycles. The Morgan fingerprint density at radius 2 is 1.75 bits per heavy atom. The summed E-state index contributed by atoms with van der Waals surface area (Å²) in [4.78, 5) is 7.69. The minimum absolute atomic E-state index is 0.0124. The number of hydrogen-bond donors (Lipinski definition) is 0. The highest BCUT2D eigenvalue weighted by atomic mass is 32.2.